The van der Waals surface area contributed by atoms with Crippen LogP contribution in [0.3, 0.4) is 0 Å². The smallest absolute Gasteiger partial charge is 0.293 e. The SMILES string of the molecule is CCN(CC)[C@@H](CNc1ccc(C(C)=O)cc1[N+](=O)[O-])c1ccccc1. The molecular formula is C20H25N3O3. The van der Waals surface area contributed by atoms with Gasteiger partial charge in [-0.3, -0.25) is 19.8 Å². The van der Waals surface area contributed by atoms with E-state index in [2.05, 4.69) is 36.2 Å². The quantitative estimate of drug-likeness (QED) is 0.412. The van der Waals surface area contributed by atoms with Crippen LogP contribution in [0.25, 0.3) is 0 Å². The number of anilines is 1. The summed E-state index contributed by atoms with van der Waals surface area (Å²) in [6.07, 6.45) is 0. The third-order valence-electron chi connectivity index (χ3n) is 4.52. The lowest BCUT2D eigenvalue weighted by Crippen LogP contribution is -2.33. The van der Waals surface area contributed by atoms with E-state index in [4.69, 9.17) is 0 Å². The second-order valence-electron chi connectivity index (χ2n) is 6.07. The van der Waals surface area contributed by atoms with Crippen LogP contribution in [-0.4, -0.2) is 35.2 Å². The highest BCUT2D eigenvalue weighted by Gasteiger charge is 2.21. The molecule has 0 heterocycles. The maximum Gasteiger partial charge on any atom is 0.293 e. The van der Waals surface area contributed by atoms with Gasteiger partial charge in [0.15, 0.2) is 5.78 Å². The molecule has 0 aliphatic carbocycles. The summed E-state index contributed by atoms with van der Waals surface area (Å²) < 4.78 is 0. The number of hydrogen-bond donors (Lipinski definition) is 1. The zero-order chi connectivity index (χ0) is 19.1. The number of rotatable bonds is 9. The standard InChI is InChI=1S/C20H25N3O3/c1-4-22(5-2)20(16-9-7-6-8-10-16)14-21-18-12-11-17(15(3)24)13-19(18)23(25)26/h6-13,20-21H,4-5,14H2,1-3H3/t20-/m0/s1. The van der Waals surface area contributed by atoms with E-state index < -0.39 is 4.92 Å². The van der Waals surface area contributed by atoms with E-state index in [9.17, 15) is 14.9 Å². The Morgan fingerprint density at radius 2 is 1.81 bits per heavy atom. The van der Waals surface area contributed by atoms with Crippen molar-refractivity contribution in [2.75, 3.05) is 25.0 Å². The molecule has 0 bridgehead atoms. The van der Waals surface area contributed by atoms with Crippen molar-refractivity contribution in [1.82, 2.24) is 4.90 Å². The van der Waals surface area contributed by atoms with Crippen molar-refractivity contribution < 1.29 is 9.72 Å². The van der Waals surface area contributed by atoms with Gasteiger partial charge in [-0.15, -0.1) is 0 Å². The number of ketones is 1. The highest BCUT2D eigenvalue weighted by atomic mass is 16.6. The van der Waals surface area contributed by atoms with Crippen LogP contribution in [0.15, 0.2) is 48.5 Å². The number of nitro benzene ring substituents is 1. The summed E-state index contributed by atoms with van der Waals surface area (Å²) >= 11 is 0. The Hall–Kier alpha value is -2.73. The molecule has 0 saturated heterocycles. The maximum atomic E-state index is 11.5. The molecule has 0 spiro atoms. The first-order valence-electron chi connectivity index (χ1n) is 8.80. The van der Waals surface area contributed by atoms with Crippen LogP contribution in [0.4, 0.5) is 11.4 Å². The fraction of sp³-hybridized carbons (Fsp3) is 0.350. The molecule has 1 atom stereocenters. The van der Waals surface area contributed by atoms with Gasteiger partial charge < -0.3 is 5.32 Å². The van der Waals surface area contributed by atoms with E-state index in [1.54, 1.807) is 12.1 Å². The Balaban J connectivity index is 2.28. The average molecular weight is 355 g/mol. The van der Waals surface area contributed by atoms with Gasteiger partial charge in [0, 0.05) is 18.2 Å². The van der Waals surface area contributed by atoms with E-state index in [1.165, 1.54) is 13.0 Å². The molecule has 0 saturated carbocycles. The predicted molar refractivity (Wildman–Crippen MR) is 104 cm³/mol. The minimum atomic E-state index is -0.455. The number of carbonyl (C=O) groups is 1. The van der Waals surface area contributed by atoms with Crippen LogP contribution in [0.1, 0.15) is 42.7 Å². The Morgan fingerprint density at radius 3 is 2.35 bits per heavy atom. The van der Waals surface area contributed by atoms with Gasteiger partial charge in [0.1, 0.15) is 5.69 Å². The first-order chi connectivity index (χ1) is 12.5. The van der Waals surface area contributed by atoms with E-state index in [0.717, 1.165) is 18.7 Å². The summed E-state index contributed by atoms with van der Waals surface area (Å²) in [5.74, 6) is -0.190. The molecule has 0 amide bonds. The predicted octanol–water partition coefficient (Wildman–Crippen LogP) is 4.29. The molecule has 138 valence electrons. The third kappa shape index (κ3) is 4.67. The molecule has 0 fully saturated rings. The van der Waals surface area contributed by atoms with Gasteiger partial charge in [-0.05, 0) is 37.7 Å². The highest BCUT2D eigenvalue weighted by molar-refractivity contribution is 5.95. The Labute approximate surface area is 154 Å². The summed E-state index contributed by atoms with van der Waals surface area (Å²) in [5, 5.41) is 14.6. The highest BCUT2D eigenvalue weighted by Crippen LogP contribution is 2.28. The lowest BCUT2D eigenvalue weighted by molar-refractivity contribution is -0.384. The minimum Gasteiger partial charge on any atom is -0.378 e. The van der Waals surface area contributed by atoms with Crippen LogP contribution in [0.2, 0.25) is 0 Å². The van der Waals surface area contributed by atoms with Crippen molar-refractivity contribution in [1.29, 1.82) is 0 Å². The topological polar surface area (TPSA) is 75.5 Å². The molecule has 2 aromatic rings. The first-order valence-corrected chi connectivity index (χ1v) is 8.80. The summed E-state index contributed by atoms with van der Waals surface area (Å²) in [6, 6.07) is 14.8. The van der Waals surface area contributed by atoms with Crippen LogP contribution in [-0.2, 0) is 0 Å². The number of Topliss-reactive ketones (excluding diaryl/α,β-unsaturated/α-hetero) is 1. The normalized spacial score (nSPS) is 12.0. The largest absolute Gasteiger partial charge is 0.378 e. The molecule has 2 aromatic carbocycles. The maximum absolute atomic E-state index is 11.5. The summed E-state index contributed by atoms with van der Waals surface area (Å²) in [6.45, 7) is 7.89. The van der Waals surface area contributed by atoms with Gasteiger partial charge in [0.2, 0.25) is 0 Å². The van der Waals surface area contributed by atoms with E-state index >= 15 is 0 Å². The molecule has 0 aromatic heterocycles. The molecule has 1 N–H and O–H groups in total. The van der Waals surface area contributed by atoms with E-state index in [-0.39, 0.29) is 17.5 Å². The molecule has 0 aliphatic heterocycles. The number of likely N-dealkylation sites (N-methyl/N-ethyl adjacent to an activating group) is 1. The Kier molecular flexibility index (Phi) is 6.86. The summed E-state index contributed by atoms with van der Waals surface area (Å²) in [7, 11) is 0. The number of nitrogens with zero attached hydrogens (tertiary/aromatic N) is 2. The molecule has 0 unspecified atom stereocenters. The van der Waals surface area contributed by atoms with Crippen LogP contribution in [0, 0.1) is 10.1 Å². The Morgan fingerprint density at radius 1 is 1.15 bits per heavy atom. The number of nitrogens with one attached hydrogen (secondary N) is 1. The third-order valence-corrected chi connectivity index (χ3v) is 4.52. The number of hydrogen-bond acceptors (Lipinski definition) is 5. The lowest BCUT2D eigenvalue weighted by atomic mass is 10.0. The van der Waals surface area contributed by atoms with Crippen molar-refractivity contribution in [2.45, 2.75) is 26.8 Å². The molecule has 6 nitrogen and oxygen atoms in total. The zero-order valence-corrected chi connectivity index (χ0v) is 15.4. The van der Waals surface area contributed by atoms with Crippen molar-refractivity contribution in [2.24, 2.45) is 0 Å². The molecular weight excluding hydrogens is 330 g/mol. The Bertz CT molecular complexity index is 758. The second-order valence-corrected chi connectivity index (χ2v) is 6.07. The summed E-state index contributed by atoms with van der Waals surface area (Å²) in [4.78, 5) is 24.8. The van der Waals surface area contributed by atoms with Gasteiger partial charge in [0.05, 0.1) is 11.0 Å². The zero-order valence-electron chi connectivity index (χ0n) is 15.4. The van der Waals surface area contributed by atoms with Crippen LogP contribution >= 0.6 is 0 Å². The number of nitro groups is 1. The van der Waals surface area contributed by atoms with E-state index in [1.807, 2.05) is 18.2 Å². The van der Waals surface area contributed by atoms with E-state index in [0.29, 0.717) is 17.8 Å². The monoisotopic (exact) mass is 355 g/mol. The fourth-order valence-corrected chi connectivity index (χ4v) is 3.06. The molecule has 0 radical (unpaired) electrons. The molecule has 26 heavy (non-hydrogen) atoms. The molecule has 2 rings (SSSR count). The number of benzene rings is 2. The van der Waals surface area contributed by atoms with Gasteiger partial charge in [-0.25, -0.2) is 0 Å². The first kappa shape index (κ1) is 19.6. The van der Waals surface area contributed by atoms with Crippen molar-refractivity contribution in [3.05, 3.63) is 69.8 Å². The van der Waals surface area contributed by atoms with Gasteiger partial charge in [-0.1, -0.05) is 44.2 Å². The van der Waals surface area contributed by atoms with Gasteiger partial charge in [0.25, 0.3) is 5.69 Å². The van der Waals surface area contributed by atoms with Crippen LogP contribution < -0.4 is 5.32 Å². The number of carbonyl (C=O) groups excluding carboxylic acids is 1. The summed E-state index contributed by atoms with van der Waals surface area (Å²) in [5.41, 5.74) is 1.84. The fourth-order valence-electron chi connectivity index (χ4n) is 3.06. The van der Waals surface area contributed by atoms with Crippen molar-refractivity contribution in [3.8, 4) is 0 Å². The van der Waals surface area contributed by atoms with Gasteiger partial charge >= 0.3 is 0 Å². The van der Waals surface area contributed by atoms with Crippen LogP contribution in [0.5, 0.6) is 0 Å². The lowest BCUT2D eigenvalue weighted by Gasteiger charge is -2.30. The molecule has 0 aliphatic rings. The second kappa shape index (κ2) is 9.10. The van der Waals surface area contributed by atoms with Crippen molar-refractivity contribution >= 4 is 17.2 Å². The van der Waals surface area contributed by atoms with Gasteiger partial charge in [-0.2, -0.15) is 0 Å². The molecule has 6 heteroatoms. The average Bonchev–Trinajstić information content (AvgIpc) is 2.65. The van der Waals surface area contributed by atoms with Crippen molar-refractivity contribution in [3.63, 3.8) is 0 Å². The minimum absolute atomic E-state index is 0.0796.